The average Bonchev–Trinajstić information content (AvgIpc) is 2.37. The van der Waals surface area contributed by atoms with Crippen LogP contribution in [0.5, 0.6) is 0 Å². The van der Waals surface area contributed by atoms with Crippen molar-refractivity contribution in [2.75, 3.05) is 5.32 Å². The molecule has 1 aromatic carbocycles. The van der Waals surface area contributed by atoms with Crippen LogP contribution >= 0.6 is 0 Å². The van der Waals surface area contributed by atoms with Crippen LogP contribution in [0, 0.1) is 0 Å². The van der Waals surface area contributed by atoms with Crippen LogP contribution in [0.2, 0.25) is 0 Å². The van der Waals surface area contributed by atoms with Gasteiger partial charge < -0.3 is 15.5 Å². The van der Waals surface area contributed by atoms with Crippen molar-refractivity contribution in [3.63, 3.8) is 0 Å². The number of hydrogen-bond donors (Lipinski definition) is 3. The topological polar surface area (TPSA) is 117 Å². The first-order valence-electron chi connectivity index (χ1n) is 5.16. The summed E-state index contributed by atoms with van der Waals surface area (Å²) in [6.45, 7) is 0. The van der Waals surface area contributed by atoms with Gasteiger partial charge in [-0.15, -0.1) is 0 Å². The molecule has 0 aliphatic rings. The number of aliphatic carboxylic acids is 1. The van der Waals surface area contributed by atoms with Crippen LogP contribution in [0.15, 0.2) is 30.3 Å². The SMILES string of the molecule is O=C(O)C(=O)Nc1nc2ccccc2cc1C(=O)O. The number of nitrogens with zero attached hydrogens (tertiary/aromatic N) is 1. The molecule has 0 spiro atoms. The largest absolute Gasteiger partial charge is 0.478 e. The summed E-state index contributed by atoms with van der Waals surface area (Å²) >= 11 is 0. The Balaban J connectivity index is 2.56. The van der Waals surface area contributed by atoms with Crippen molar-refractivity contribution < 1.29 is 24.6 Å². The normalized spacial score (nSPS) is 10.1. The van der Waals surface area contributed by atoms with Crippen molar-refractivity contribution in [2.24, 2.45) is 0 Å². The van der Waals surface area contributed by atoms with Crippen LogP contribution in [-0.4, -0.2) is 33.0 Å². The maximum Gasteiger partial charge on any atom is 0.394 e. The molecule has 96 valence electrons. The number of carboxylic acid groups (broad SMARTS) is 2. The van der Waals surface area contributed by atoms with Crippen LogP contribution < -0.4 is 5.32 Å². The van der Waals surface area contributed by atoms with E-state index in [1.807, 2.05) is 5.32 Å². The summed E-state index contributed by atoms with van der Waals surface area (Å²) in [5, 5.41) is 20.1. The summed E-state index contributed by atoms with van der Waals surface area (Å²) in [5.74, 6) is -4.66. The molecule has 19 heavy (non-hydrogen) atoms. The molecule has 0 atom stereocenters. The lowest BCUT2D eigenvalue weighted by atomic mass is 10.1. The number of anilines is 1. The first-order valence-corrected chi connectivity index (χ1v) is 5.16. The van der Waals surface area contributed by atoms with Crippen molar-refractivity contribution >= 4 is 34.6 Å². The van der Waals surface area contributed by atoms with Crippen LogP contribution in [0.1, 0.15) is 10.4 Å². The molecular formula is C12H8N2O5. The molecular weight excluding hydrogens is 252 g/mol. The summed E-state index contributed by atoms with van der Waals surface area (Å²) in [7, 11) is 0. The van der Waals surface area contributed by atoms with E-state index >= 15 is 0 Å². The molecule has 0 fully saturated rings. The second kappa shape index (κ2) is 4.73. The molecule has 0 bridgehead atoms. The Labute approximate surface area is 106 Å². The Morgan fingerprint density at radius 1 is 1.11 bits per heavy atom. The predicted molar refractivity (Wildman–Crippen MR) is 65.0 cm³/mol. The first kappa shape index (κ1) is 12.5. The van der Waals surface area contributed by atoms with Crippen molar-refractivity contribution in [1.29, 1.82) is 0 Å². The number of hydrogen-bond acceptors (Lipinski definition) is 4. The van der Waals surface area contributed by atoms with E-state index in [0.717, 1.165) is 0 Å². The second-order valence-corrected chi connectivity index (χ2v) is 3.64. The fourth-order valence-electron chi connectivity index (χ4n) is 1.54. The van der Waals surface area contributed by atoms with E-state index in [0.29, 0.717) is 10.9 Å². The van der Waals surface area contributed by atoms with Gasteiger partial charge in [-0.3, -0.25) is 4.79 Å². The van der Waals surface area contributed by atoms with E-state index in [1.54, 1.807) is 24.3 Å². The number of benzene rings is 1. The summed E-state index contributed by atoms with van der Waals surface area (Å²) in [6, 6.07) is 8.01. The highest BCUT2D eigenvalue weighted by Crippen LogP contribution is 2.20. The summed E-state index contributed by atoms with van der Waals surface area (Å²) in [4.78, 5) is 36.6. The van der Waals surface area contributed by atoms with E-state index in [2.05, 4.69) is 4.98 Å². The molecule has 1 aromatic heterocycles. The monoisotopic (exact) mass is 260 g/mol. The fourth-order valence-corrected chi connectivity index (χ4v) is 1.54. The van der Waals surface area contributed by atoms with Gasteiger partial charge in [0.15, 0.2) is 0 Å². The van der Waals surface area contributed by atoms with Gasteiger partial charge >= 0.3 is 17.8 Å². The standard InChI is InChI=1S/C12H8N2O5/c15-10(12(18)19)14-9-7(11(16)17)5-6-3-1-2-4-8(6)13-9/h1-5H,(H,16,17)(H,18,19)(H,13,14,15). The molecule has 0 unspecified atom stereocenters. The number of aromatic nitrogens is 1. The molecule has 0 radical (unpaired) electrons. The third-order valence-corrected chi connectivity index (χ3v) is 2.38. The second-order valence-electron chi connectivity index (χ2n) is 3.64. The minimum atomic E-state index is -1.72. The highest BCUT2D eigenvalue weighted by molar-refractivity contribution is 6.36. The van der Waals surface area contributed by atoms with Crippen LogP contribution in [0.25, 0.3) is 10.9 Å². The smallest absolute Gasteiger partial charge is 0.394 e. The molecule has 1 amide bonds. The Morgan fingerprint density at radius 3 is 2.42 bits per heavy atom. The molecule has 7 heteroatoms. The molecule has 0 saturated carbocycles. The molecule has 1 heterocycles. The van der Waals surface area contributed by atoms with Crippen LogP contribution in [0.4, 0.5) is 5.82 Å². The molecule has 2 rings (SSSR count). The van der Waals surface area contributed by atoms with Crippen LogP contribution in [0.3, 0.4) is 0 Å². The van der Waals surface area contributed by atoms with Crippen molar-refractivity contribution in [3.05, 3.63) is 35.9 Å². The minimum Gasteiger partial charge on any atom is -0.478 e. The third-order valence-electron chi connectivity index (χ3n) is 2.38. The Bertz CT molecular complexity index is 696. The molecule has 2 aromatic rings. The van der Waals surface area contributed by atoms with Gasteiger partial charge in [0.1, 0.15) is 11.4 Å². The number of para-hydroxylation sites is 1. The molecule has 3 N–H and O–H groups in total. The van der Waals surface area contributed by atoms with Gasteiger partial charge in [0.2, 0.25) is 0 Å². The number of amides is 1. The van der Waals surface area contributed by atoms with E-state index in [-0.39, 0.29) is 11.4 Å². The number of carbonyl (C=O) groups is 3. The lowest BCUT2D eigenvalue weighted by molar-refractivity contribution is -0.147. The van der Waals surface area contributed by atoms with E-state index in [4.69, 9.17) is 10.2 Å². The van der Waals surface area contributed by atoms with Gasteiger partial charge in [-0.2, -0.15) is 0 Å². The van der Waals surface area contributed by atoms with Crippen molar-refractivity contribution in [3.8, 4) is 0 Å². The minimum absolute atomic E-state index is 0.270. The van der Waals surface area contributed by atoms with Gasteiger partial charge in [0.25, 0.3) is 0 Å². The molecule has 0 saturated heterocycles. The van der Waals surface area contributed by atoms with E-state index < -0.39 is 17.8 Å². The quantitative estimate of drug-likeness (QED) is 0.692. The van der Waals surface area contributed by atoms with Crippen LogP contribution in [-0.2, 0) is 9.59 Å². The van der Waals surface area contributed by atoms with Gasteiger partial charge in [-0.05, 0) is 12.1 Å². The van der Waals surface area contributed by atoms with Crippen molar-refractivity contribution in [1.82, 2.24) is 4.98 Å². The third kappa shape index (κ3) is 2.49. The first-order chi connectivity index (χ1) is 8.99. The average molecular weight is 260 g/mol. The summed E-state index contributed by atoms with van der Waals surface area (Å²) < 4.78 is 0. The molecule has 0 aliphatic carbocycles. The Morgan fingerprint density at radius 2 is 1.79 bits per heavy atom. The van der Waals surface area contributed by atoms with E-state index in [1.165, 1.54) is 6.07 Å². The lowest BCUT2D eigenvalue weighted by Crippen LogP contribution is -2.24. The van der Waals surface area contributed by atoms with E-state index in [9.17, 15) is 14.4 Å². The molecule has 0 aliphatic heterocycles. The lowest BCUT2D eigenvalue weighted by Gasteiger charge is -2.07. The fraction of sp³-hybridized carbons (Fsp3) is 0. The van der Waals surface area contributed by atoms with Gasteiger partial charge in [-0.1, -0.05) is 18.2 Å². The highest BCUT2D eigenvalue weighted by Gasteiger charge is 2.18. The van der Waals surface area contributed by atoms with Gasteiger partial charge in [0.05, 0.1) is 5.52 Å². The zero-order valence-electron chi connectivity index (χ0n) is 9.45. The summed E-state index contributed by atoms with van der Waals surface area (Å²) in [6.07, 6.45) is 0. The van der Waals surface area contributed by atoms with Crippen molar-refractivity contribution in [2.45, 2.75) is 0 Å². The predicted octanol–water partition coefficient (Wildman–Crippen LogP) is 0.956. The Kier molecular flexibility index (Phi) is 3.11. The number of carboxylic acids is 2. The highest BCUT2D eigenvalue weighted by atomic mass is 16.4. The zero-order chi connectivity index (χ0) is 14.0. The Hall–Kier alpha value is -2.96. The maximum absolute atomic E-state index is 11.1. The summed E-state index contributed by atoms with van der Waals surface area (Å²) in [5.41, 5.74) is 0.182. The van der Waals surface area contributed by atoms with Gasteiger partial charge in [-0.25, -0.2) is 14.6 Å². The number of carbonyl (C=O) groups excluding carboxylic acids is 1. The number of rotatable bonds is 2. The number of fused-ring (bicyclic) bond motifs is 1. The number of aromatic carboxylic acids is 1. The number of pyridine rings is 1. The molecule has 7 nitrogen and oxygen atoms in total. The maximum atomic E-state index is 11.1. The van der Waals surface area contributed by atoms with Gasteiger partial charge in [0, 0.05) is 5.39 Å². The zero-order valence-corrected chi connectivity index (χ0v) is 9.45. The number of nitrogens with one attached hydrogen (secondary N) is 1.